The summed E-state index contributed by atoms with van der Waals surface area (Å²) < 4.78 is 4.81. The van der Waals surface area contributed by atoms with Gasteiger partial charge in [0.25, 0.3) is 0 Å². The molecule has 0 saturated carbocycles. The molecular weight excluding hydrogens is 199 g/mol. The Balaban J connectivity index is 2.42. The van der Waals surface area contributed by atoms with Crippen LogP contribution >= 0.6 is 23.2 Å². The van der Waals surface area contributed by atoms with Gasteiger partial charge >= 0.3 is 5.97 Å². The lowest BCUT2D eigenvalue weighted by Gasteiger charge is -2.27. The summed E-state index contributed by atoms with van der Waals surface area (Å²) in [5.74, 6) is 1.50. The maximum absolute atomic E-state index is 10.8. The molecular formula is C8H10Cl2O2. The molecule has 1 aliphatic rings. The van der Waals surface area contributed by atoms with Gasteiger partial charge in [-0.15, -0.1) is 23.2 Å². The fourth-order valence-corrected chi connectivity index (χ4v) is 1.39. The monoisotopic (exact) mass is 208 g/mol. The molecule has 2 nitrogen and oxygen atoms in total. The van der Waals surface area contributed by atoms with Crippen LogP contribution in [-0.4, -0.2) is 17.7 Å². The lowest BCUT2D eigenvalue weighted by Crippen LogP contribution is -2.32. The second-order valence-electron chi connectivity index (χ2n) is 2.54. The molecule has 1 unspecified atom stereocenters. The Labute approximate surface area is 81.5 Å². The second kappa shape index (κ2) is 4.73. The first-order chi connectivity index (χ1) is 5.79. The van der Waals surface area contributed by atoms with E-state index >= 15 is 0 Å². The van der Waals surface area contributed by atoms with Crippen LogP contribution in [0.3, 0.4) is 0 Å². The van der Waals surface area contributed by atoms with Crippen molar-refractivity contribution in [1.82, 2.24) is 0 Å². The Morgan fingerprint density at radius 2 is 2.17 bits per heavy atom. The van der Waals surface area contributed by atoms with E-state index in [1.165, 1.54) is 0 Å². The number of cyclic esters (lactones) is 1. The molecule has 1 rings (SSSR count). The van der Waals surface area contributed by atoms with Crippen LogP contribution in [0.5, 0.6) is 0 Å². The molecule has 0 aromatic heterocycles. The summed E-state index contributed by atoms with van der Waals surface area (Å²) in [5, 5.41) is 0. The number of carbonyl (C=O) groups excluding carboxylic acids is 1. The quantitative estimate of drug-likeness (QED) is 0.524. The molecule has 1 saturated heterocycles. The van der Waals surface area contributed by atoms with E-state index in [1.54, 1.807) is 0 Å². The summed E-state index contributed by atoms with van der Waals surface area (Å²) in [5.41, 5.74) is 0. The van der Waals surface area contributed by atoms with Crippen LogP contribution in [0.25, 0.3) is 0 Å². The summed E-state index contributed by atoms with van der Waals surface area (Å²) in [6.45, 7) is 0. The van der Waals surface area contributed by atoms with E-state index in [9.17, 15) is 4.79 Å². The normalized spacial score (nSPS) is 25.3. The molecule has 0 radical (unpaired) electrons. The molecule has 0 amide bonds. The Hall–Kier alpha value is -0.210. The minimum Gasteiger partial charge on any atom is -0.430 e. The van der Waals surface area contributed by atoms with E-state index in [4.69, 9.17) is 27.9 Å². The van der Waals surface area contributed by atoms with Gasteiger partial charge in [0.1, 0.15) is 11.7 Å². The van der Waals surface area contributed by atoms with Crippen LogP contribution < -0.4 is 0 Å². The van der Waals surface area contributed by atoms with Crippen molar-refractivity contribution in [2.24, 2.45) is 5.92 Å². The fraction of sp³-hybridized carbons (Fsp3) is 0.625. The maximum atomic E-state index is 10.8. The van der Waals surface area contributed by atoms with Crippen LogP contribution in [0.2, 0.25) is 0 Å². The number of ether oxygens (including phenoxy) is 1. The van der Waals surface area contributed by atoms with Crippen molar-refractivity contribution >= 4 is 29.2 Å². The van der Waals surface area contributed by atoms with Gasteiger partial charge in [0.15, 0.2) is 0 Å². The zero-order valence-corrected chi connectivity index (χ0v) is 8.07. The van der Waals surface area contributed by atoms with E-state index < -0.39 is 0 Å². The number of esters is 1. The van der Waals surface area contributed by atoms with Crippen LogP contribution in [0, 0.1) is 5.92 Å². The highest BCUT2D eigenvalue weighted by atomic mass is 35.5. The van der Waals surface area contributed by atoms with Crippen molar-refractivity contribution in [2.75, 3.05) is 11.8 Å². The summed E-state index contributed by atoms with van der Waals surface area (Å²) >= 11 is 11.0. The number of hydrogen-bond acceptors (Lipinski definition) is 2. The summed E-state index contributed by atoms with van der Waals surface area (Å²) in [6, 6.07) is 0. The maximum Gasteiger partial charge on any atom is 0.321 e. The second-order valence-corrected chi connectivity index (χ2v) is 3.29. The largest absolute Gasteiger partial charge is 0.430 e. The zero-order valence-electron chi connectivity index (χ0n) is 6.56. The highest BCUT2D eigenvalue weighted by Crippen LogP contribution is 2.30. The summed E-state index contributed by atoms with van der Waals surface area (Å²) in [4.78, 5) is 10.8. The van der Waals surface area contributed by atoms with E-state index in [1.807, 2.05) is 6.08 Å². The Morgan fingerprint density at radius 3 is 2.67 bits per heavy atom. The Kier molecular flexibility index (Phi) is 3.89. The molecule has 0 bridgehead atoms. The first-order valence-corrected chi connectivity index (χ1v) is 4.90. The van der Waals surface area contributed by atoms with Crippen molar-refractivity contribution in [2.45, 2.75) is 12.8 Å². The molecule has 1 atom stereocenters. The zero-order chi connectivity index (χ0) is 8.97. The van der Waals surface area contributed by atoms with Gasteiger partial charge in [0.2, 0.25) is 0 Å². The average molecular weight is 209 g/mol. The standard InChI is InChI=1S/C8H10Cl2O2/c9-4-1-2-7-6(3-5-10)8(11)12-7/h2,6H,1,3-5H2. The highest BCUT2D eigenvalue weighted by Gasteiger charge is 2.36. The van der Waals surface area contributed by atoms with Gasteiger partial charge in [-0.25, -0.2) is 0 Å². The molecule has 1 aliphatic heterocycles. The number of allylic oxidation sites excluding steroid dienone is 1. The van der Waals surface area contributed by atoms with Crippen LogP contribution in [0.15, 0.2) is 11.8 Å². The van der Waals surface area contributed by atoms with Gasteiger partial charge in [-0.1, -0.05) is 0 Å². The molecule has 1 heterocycles. The first-order valence-electron chi connectivity index (χ1n) is 3.83. The molecule has 68 valence electrons. The van der Waals surface area contributed by atoms with Crippen molar-refractivity contribution < 1.29 is 9.53 Å². The number of hydrogen-bond donors (Lipinski definition) is 0. The smallest absolute Gasteiger partial charge is 0.321 e. The van der Waals surface area contributed by atoms with Gasteiger partial charge < -0.3 is 4.74 Å². The predicted octanol–water partition coefficient (Wildman–Crippen LogP) is 2.30. The molecule has 0 spiro atoms. The highest BCUT2D eigenvalue weighted by molar-refractivity contribution is 6.18. The van der Waals surface area contributed by atoms with Crippen molar-refractivity contribution in [1.29, 1.82) is 0 Å². The number of carbonyl (C=O) groups is 1. The van der Waals surface area contributed by atoms with E-state index in [-0.39, 0.29) is 11.9 Å². The summed E-state index contributed by atoms with van der Waals surface area (Å²) in [7, 11) is 0. The minimum absolute atomic E-state index is 0.106. The lowest BCUT2D eigenvalue weighted by molar-refractivity contribution is -0.157. The third kappa shape index (κ3) is 2.14. The molecule has 0 aliphatic carbocycles. The van der Waals surface area contributed by atoms with Gasteiger partial charge in [-0.05, 0) is 18.9 Å². The minimum atomic E-state index is -0.170. The molecule has 0 N–H and O–H groups in total. The average Bonchev–Trinajstić information content (AvgIpc) is 2.08. The third-order valence-electron chi connectivity index (χ3n) is 1.70. The number of rotatable bonds is 4. The van der Waals surface area contributed by atoms with Crippen LogP contribution in [0.4, 0.5) is 0 Å². The fourth-order valence-electron chi connectivity index (χ4n) is 1.07. The van der Waals surface area contributed by atoms with Crippen molar-refractivity contribution in [3.05, 3.63) is 11.8 Å². The molecule has 12 heavy (non-hydrogen) atoms. The number of alkyl halides is 2. The van der Waals surface area contributed by atoms with Gasteiger partial charge in [-0.3, -0.25) is 4.79 Å². The SMILES string of the molecule is O=C1OC(=CCCCl)C1CCCl. The molecule has 1 fully saturated rings. The van der Waals surface area contributed by atoms with Gasteiger partial charge in [0.05, 0.1) is 0 Å². The molecule has 0 aromatic rings. The lowest BCUT2D eigenvalue weighted by atomic mass is 9.99. The van der Waals surface area contributed by atoms with Crippen LogP contribution in [-0.2, 0) is 9.53 Å². The Morgan fingerprint density at radius 1 is 1.42 bits per heavy atom. The molecule has 0 aromatic carbocycles. The topological polar surface area (TPSA) is 26.3 Å². The van der Waals surface area contributed by atoms with Gasteiger partial charge in [-0.2, -0.15) is 0 Å². The Bertz CT molecular complexity index is 201. The van der Waals surface area contributed by atoms with Crippen molar-refractivity contribution in [3.63, 3.8) is 0 Å². The predicted molar refractivity (Wildman–Crippen MR) is 48.3 cm³/mol. The van der Waals surface area contributed by atoms with E-state index in [0.29, 0.717) is 18.2 Å². The molecule has 4 heteroatoms. The third-order valence-corrected chi connectivity index (χ3v) is 2.14. The van der Waals surface area contributed by atoms with Crippen molar-refractivity contribution in [3.8, 4) is 0 Å². The van der Waals surface area contributed by atoms with Gasteiger partial charge in [0, 0.05) is 11.8 Å². The van der Waals surface area contributed by atoms with Crippen LogP contribution in [0.1, 0.15) is 12.8 Å². The van der Waals surface area contributed by atoms with E-state index in [0.717, 1.165) is 12.2 Å². The van der Waals surface area contributed by atoms with E-state index in [2.05, 4.69) is 0 Å². The number of halogens is 2. The summed E-state index contributed by atoms with van der Waals surface area (Å²) in [6.07, 6.45) is 3.25. The first kappa shape index (κ1) is 9.87.